The van der Waals surface area contributed by atoms with E-state index in [0.29, 0.717) is 21.6 Å². The predicted molar refractivity (Wildman–Crippen MR) is 67.8 cm³/mol. The minimum absolute atomic E-state index is 0.264. The average Bonchev–Trinajstić information content (AvgIpc) is 2.77. The molecule has 0 saturated carbocycles. The first-order valence-electron chi connectivity index (χ1n) is 4.92. The second-order valence-corrected chi connectivity index (χ2v) is 4.41. The summed E-state index contributed by atoms with van der Waals surface area (Å²) in [6.07, 6.45) is -0.419. The quantitative estimate of drug-likeness (QED) is 0.636. The van der Waals surface area contributed by atoms with Gasteiger partial charge in [-0.05, 0) is 24.3 Å². The third-order valence-electron chi connectivity index (χ3n) is 2.25. The van der Waals surface area contributed by atoms with E-state index in [0.717, 1.165) is 0 Å². The Morgan fingerprint density at radius 3 is 2.88 bits per heavy atom. The van der Waals surface area contributed by atoms with Gasteiger partial charge in [-0.1, -0.05) is 32.7 Å². The van der Waals surface area contributed by atoms with Crippen LogP contribution in [0.4, 0.5) is 0 Å². The van der Waals surface area contributed by atoms with Crippen molar-refractivity contribution < 1.29 is 14.4 Å². The first-order chi connectivity index (χ1) is 8.20. The number of carbonyl (C=O) groups is 1. The van der Waals surface area contributed by atoms with Gasteiger partial charge in [-0.3, -0.25) is 0 Å². The van der Waals surface area contributed by atoms with Gasteiger partial charge in [-0.2, -0.15) is 0 Å². The summed E-state index contributed by atoms with van der Waals surface area (Å²) in [7, 11) is 0. The maximum absolute atomic E-state index is 11.8. The van der Waals surface area contributed by atoms with Crippen LogP contribution in [0.2, 0.25) is 5.02 Å². The van der Waals surface area contributed by atoms with Gasteiger partial charge in [0.05, 0.1) is 5.56 Å². The number of esters is 1. The number of ether oxygens (including phenoxy) is 1. The van der Waals surface area contributed by atoms with Crippen LogP contribution in [-0.4, -0.2) is 29.7 Å². The molecule has 0 spiro atoms. The van der Waals surface area contributed by atoms with Crippen LogP contribution in [0.25, 0.3) is 0 Å². The molecule has 0 N–H and O–H groups in total. The summed E-state index contributed by atoms with van der Waals surface area (Å²) in [6, 6.07) is 6.52. The van der Waals surface area contributed by atoms with Crippen molar-refractivity contribution in [2.24, 2.45) is 5.16 Å². The molecule has 0 saturated heterocycles. The summed E-state index contributed by atoms with van der Waals surface area (Å²) in [5.41, 5.74) is 1.13. The van der Waals surface area contributed by atoms with Crippen molar-refractivity contribution in [3.63, 3.8) is 0 Å². The number of oxime groups is 1. The summed E-state index contributed by atoms with van der Waals surface area (Å²) in [5, 5.41) is 4.86. The lowest BCUT2D eigenvalue weighted by Gasteiger charge is -2.10. The summed E-state index contributed by atoms with van der Waals surface area (Å²) >= 11 is 8.99. The Balaban J connectivity index is 2.02. The fourth-order valence-electron chi connectivity index (χ4n) is 1.34. The number of benzene rings is 1. The van der Waals surface area contributed by atoms with E-state index in [1.165, 1.54) is 0 Å². The smallest absolute Gasteiger partial charge is 0.338 e. The van der Waals surface area contributed by atoms with E-state index in [1.54, 1.807) is 24.3 Å². The van der Waals surface area contributed by atoms with Gasteiger partial charge in [-0.25, -0.2) is 4.79 Å². The Hall–Kier alpha value is -1.07. The Morgan fingerprint density at radius 1 is 1.53 bits per heavy atom. The van der Waals surface area contributed by atoms with Crippen molar-refractivity contribution in [2.45, 2.75) is 6.10 Å². The zero-order chi connectivity index (χ0) is 12.3. The molecule has 4 nitrogen and oxygen atoms in total. The molecule has 0 fully saturated rings. The monoisotopic (exact) mass is 317 g/mol. The number of carbonyl (C=O) groups excluding carboxylic acids is 1. The standard InChI is InChI=1S/C11H9BrClNO3/c12-5-9-10(6-16-14-9)17-11(15)7-1-3-8(13)4-2-7/h1-4,10H,5-6H2. The van der Waals surface area contributed by atoms with Crippen LogP contribution >= 0.6 is 27.5 Å². The molecule has 1 aliphatic rings. The topological polar surface area (TPSA) is 47.9 Å². The van der Waals surface area contributed by atoms with Gasteiger partial charge in [0.25, 0.3) is 0 Å². The summed E-state index contributed by atoms with van der Waals surface area (Å²) in [4.78, 5) is 16.7. The lowest BCUT2D eigenvalue weighted by Crippen LogP contribution is -2.27. The fraction of sp³-hybridized carbons (Fsp3) is 0.273. The number of nitrogens with zero attached hydrogens (tertiary/aromatic N) is 1. The number of hydrogen-bond acceptors (Lipinski definition) is 4. The highest BCUT2D eigenvalue weighted by Crippen LogP contribution is 2.14. The van der Waals surface area contributed by atoms with Crippen LogP contribution in [0, 0.1) is 0 Å². The number of rotatable bonds is 3. The molecule has 0 aromatic heterocycles. The van der Waals surface area contributed by atoms with Gasteiger partial charge in [0, 0.05) is 10.4 Å². The summed E-state index contributed by atoms with van der Waals surface area (Å²) < 4.78 is 5.27. The number of hydrogen-bond donors (Lipinski definition) is 0. The van der Waals surface area contributed by atoms with Crippen LogP contribution in [0.5, 0.6) is 0 Å². The Labute approximate surface area is 112 Å². The van der Waals surface area contributed by atoms with Gasteiger partial charge in [-0.15, -0.1) is 0 Å². The van der Waals surface area contributed by atoms with Crippen molar-refractivity contribution in [3.05, 3.63) is 34.9 Å². The maximum atomic E-state index is 11.8. The molecule has 0 amide bonds. The molecule has 6 heteroatoms. The molecule has 1 aliphatic heterocycles. The normalized spacial score (nSPS) is 18.5. The van der Waals surface area contributed by atoms with Crippen molar-refractivity contribution in [1.82, 2.24) is 0 Å². The molecule has 2 rings (SSSR count). The third kappa shape index (κ3) is 2.98. The molecule has 1 unspecified atom stereocenters. The van der Waals surface area contributed by atoms with Crippen molar-refractivity contribution in [3.8, 4) is 0 Å². The lowest BCUT2D eigenvalue weighted by molar-refractivity contribution is 0.0292. The van der Waals surface area contributed by atoms with E-state index in [1.807, 2.05) is 0 Å². The maximum Gasteiger partial charge on any atom is 0.338 e. The van der Waals surface area contributed by atoms with E-state index in [4.69, 9.17) is 21.2 Å². The highest BCUT2D eigenvalue weighted by molar-refractivity contribution is 9.09. The predicted octanol–water partition coefficient (Wildman–Crippen LogP) is 2.65. The number of halogens is 2. The molecule has 1 heterocycles. The van der Waals surface area contributed by atoms with E-state index in [9.17, 15) is 4.79 Å². The molecule has 0 aliphatic carbocycles. The first kappa shape index (κ1) is 12.4. The molecule has 1 aromatic carbocycles. The Bertz CT molecular complexity index is 447. The molecular formula is C11H9BrClNO3. The molecule has 0 radical (unpaired) electrons. The molecule has 0 bridgehead atoms. The van der Waals surface area contributed by atoms with Gasteiger partial charge in [0.15, 0.2) is 12.7 Å². The minimum Gasteiger partial charge on any atom is -0.449 e. The largest absolute Gasteiger partial charge is 0.449 e. The summed E-state index contributed by atoms with van der Waals surface area (Å²) in [5.74, 6) is -0.411. The SMILES string of the molecule is O=C(OC1CON=C1CBr)c1ccc(Cl)cc1. The third-order valence-corrected chi connectivity index (χ3v) is 3.07. The van der Waals surface area contributed by atoms with E-state index >= 15 is 0 Å². The Morgan fingerprint density at radius 2 is 2.24 bits per heavy atom. The zero-order valence-corrected chi connectivity index (χ0v) is 11.1. The molecule has 90 valence electrons. The van der Waals surface area contributed by atoms with E-state index in [-0.39, 0.29) is 6.61 Å². The molecule has 1 atom stereocenters. The highest BCUT2D eigenvalue weighted by atomic mass is 79.9. The zero-order valence-electron chi connectivity index (χ0n) is 8.73. The van der Waals surface area contributed by atoms with Crippen molar-refractivity contribution in [2.75, 3.05) is 11.9 Å². The first-order valence-corrected chi connectivity index (χ1v) is 6.42. The van der Waals surface area contributed by atoms with Crippen LogP contribution in [0.1, 0.15) is 10.4 Å². The Kier molecular flexibility index (Phi) is 4.02. The van der Waals surface area contributed by atoms with Crippen molar-refractivity contribution >= 4 is 39.2 Å². The highest BCUT2D eigenvalue weighted by Gasteiger charge is 2.26. The van der Waals surface area contributed by atoms with E-state index < -0.39 is 12.1 Å². The molecule has 17 heavy (non-hydrogen) atoms. The van der Waals surface area contributed by atoms with Crippen LogP contribution in [0.3, 0.4) is 0 Å². The summed E-state index contributed by atoms with van der Waals surface area (Å²) in [6.45, 7) is 0.264. The van der Waals surface area contributed by atoms with Crippen LogP contribution in [0.15, 0.2) is 29.4 Å². The van der Waals surface area contributed by atoms with Gasteiger partial charge in [0.2, 0.25) is 0 Å². The van der Waals surface area contributed by atoms with Crippen LogP contribution in [-0.2, 0) is 9.57 Å². The van der Waals surface area contributed by atoms with Crippen molar-refractivity contribution in [1.29, 1.82) is 0 Å². The van der Waals surface area contributed by atoms with E-state index in [2.05, 4.69) is 21.1 Å². The average molecular weight is 319 g/mol. The van der Waals surface area contributed by atoms with Gasteiger partial charge < -0.3 is 9.57 Å². The lowest BCUT2D eigenvalue weighted by atomic mass is 10.2. The van der Waals surface area contributed by atoms with Crippen LogP contribution < -0.4 is 0 Å². The van der Waals surface area contributed by atoms with Gasteiger partial charge in [0.1, 0.15) is 5.71 Å². The minimum atomic E-state index is -0.419. The fourth-order valence-corrected chi connectivity index (χ4v) is 1.93. The second-order valence-electron chi connectivity index (χ2n) is 3.41. The second kappa shape index (κ2) is 5.51. The molecular weight excluding hydrogens is 309 g/mol. The van der Waals surface area contributed by atoms with Gasteiger partial charge >= 0.3 is 5.97 Å². The number of alkyl halides is 1. The molecule has 1 aromatic rings.